The summed E-state index contributed by atoms with van der Waals surface area (Å²) < 4.78 is 19.1. The normalized spacial score (nSPS) is 14.1. The van der Waals surface area contributed by atoms with Crippen LogP contribution in [0.3, 0.4) is 0 Å². The van der Waals surface area contributed by atoms with Gasteiger partial charge < -0.3 is 15.4 Å². The molecule has 1 aliphatic rings. The van der Waals surface area contributed by atoms with Gasteiger partial charge in [0.1, 0.15) is 18.1 Å². The zero-order valence-electron chi connectivity index (χ0n) is 20.0. The lowest BCUT2D eigenvalue weighted by atomic mass is 10.2. The third-order valence-corrected chi connectivity index (χ3v) is 6.56. The average Bonchev–Trinajstić information content (AvgIpc) is 3.13. The number of nitrogens with one attached hydrogen (secondary N) is 2. The van der Waals surface area contributed by atoms with Gasteiger partial charge in [-0.05, 0) is 66.2 Å². The number of amides is 4. The number of carbonyl (C=O) groups is 4. The van der Waals surface area contributed by atoms with E-state index < -0.39 is 41.9 Å². The van der Waals surface area contributed by atoms with Crippen molar-refractivity contribution in [1.82, 2.24) is 4.90 Å². The second-order valence-corrected chi connectivity index (χ2v) is 9.54. The summed E-state index contributed by atoms with van der Waals surface area (Å²) in [7, 11) is 0. The Balaban J connectivity index is 1.36. The number of carbonyl (C=O) groups excluding carboxylic acids is 4. The van der Waals surface area contributed by atoms with Crippen molar-refractivity contribution in [2.45, 2.75) is 6.92 Å². The third-order valence-electron chi connectivity index (χ3n) is 5.35. The number of anilines is 2. The monoisotopic (exact) mass is 553 g/mol. The minimum absolute atomic E-state index is 0.0316. The van der Waals surface area contributed by atoms with E-state index in [9.17, 15) is 23.6 Å². The van der Waals surface area contributed by atoms with Crippen LogP contribution in [-0.2, 0) is 14.4 Å². The van der Waals surface area contributed by atoms with Crippen molar-refractivity contribution < 1.29 is 28.3 Å². The van der Waals surface area contributed by atoms with Crippen LogP contribution in [0.15, 0.2) is 71.6 Å². The highest BCUT2D eigenvalue weighted by molar-refractivity contribution is 8.18. The summed E-state index contributed by atoms with van der Waals surface area (Å²) in [4.78, 5) is 50.7. The highest BCUT2D eigenvalue weighted by Crippen LogP contribution is 2.34. The number of hydrogen-bond donors (Lipinski definition) is 2. The Hall–Kier alpha value is -4.15. The molecule has 194 valence electrons. The number of imide groups is 1. The molecule has 2 N–H and O–H groups in total. The van der Waals surface area contributed by atoms with Crippen molar-refractivity contribution in [2.24, 2.45) is 0 Å². The molecular weight excluding hydrogens is 533 g/mol. The molecule has 4 amide bonds. The van der Waals surface area contributed by atoms with Gasteiger partial charge in [-0.1, -0.05) is 48.0 Å². The first-order valence-corrected chi connectivity index (χ1v) is 12.5. The van der Waals surface area contributed by atoms with Crippen LogP contribution in [-0.4, -0.2) is 41.0 Å². The molecule has 38 heavy (non-hydrogen) atoms. The molecule has 11 heteroatoms. The van der Waals surface area contributed by atoms with Crippen molar-refractivity contribution in [3.05, 3.63) is 93.6 Å². The maximum absolute atomic E-state index is 13.7. The molecule has 1 fully saturated rings. The summed E-state index contributed by atoms with van der Waals surface area (Å²) in [5.74, 6) is -2.03. The number of thioether (sulfide) groups is 1. The molecule has 4 rings (SSSR count). The smallest absolute Gasteiger partial charge is 0.294 e. The van der Waals surface area contributed by atoms with Crippen LogP contribution >= 0.6 is 23.4 Å². The van der Waals surface area contributed by atoms with E-state index >= 15 is 0 Å². The topological polar surface area (TPSA) is 105 Å². The summed E-state index contributed by atoms with van der Waals surface area (Å²) in [6.07, 6.45) is 1.48. The summed E-state index contributed by atoms with van der Waals surface area (Å²) >= 11 is 6.98. The Labute approximate surface area is 226 Å². The van der Waals surface area contributed by atoms with Crippen LogP contribution in [0.25, 0.3) is 6.08 Å². The standard InChI is InChI=1S/C27H21ClFN3O5S/c1-16-6-2-4-8-20(16)30-24(33)14-32-26(35)23(38-27(32)36)13-17-10-11-22(18(28)12-17)37-15-25(34)31-21-9-5-3-7-19(21)29/h2-13H,14-15H2,1H3,(H,30,33)(H,31,34)/b23-13-. The molecule has 0 radical (unpaired) electrons. The number of halogens is 2. The summed E-state index contributed by atoms with van der Waals surface area (Å²) in [6.45, 7) is 1.01. The lowest BCUT2D eigenvalue weighted by molar-refractivity contribution is -0.127. The molecule has 0 aromatic heterocycles. The van der Waals surface area contributed by atoms with Crippen molar-refractivity contribution in [2.75, 3.05) is 23.8 Å². The first-order valence-electron chi connectivity index (χ1n) is 11.3. The summed E-state index contributed by atoms with van der Waals surface area (Å²) in [5, 5.41) is 4.71. The van der Waals surface area contributed by atoms with Crippen LogP contribution < -0.4 is 15.4 Å². The van der Waals surface area contributed by atoms with Crippen LogP contribution in [0, 0.1) is 12.7 Å². The number of rotatable bonds is 8. The SMILES string of the molecule is Cc1ccccc1NC(=O)CN1C(=O)S/C(=C\c2ccc(OCC(=O)Nc3ccccc3F)c(Cl)c2)C1=O. The lowest BCUT2D eigenvalue weighted by Crippen LogP contribution is -2.36. The van der Waals surface area contributed by atoms with Gasteiger partial charge in [0.25, 0.3) is 17.1 Å². The molecule has 0 unspecified atom stereocenters. The number of benzene rings is 3. The largest absolute Gasteiger partial charge is 0.482 e. The van der Waals surface area contributed by atoms with E-state index in [1.807, 2.05) is 19.1 Å². The van der Waals surface area contributed by atoms with Gasteiger partial charge in [-0.2, -0.15) is 0 Å². The molecule has 1 aliphatic heterocycles. The van der Waals surface area contributed by atoms with Gasteiger partial charge in [0.2, 0.25) is 5.91 Å². The minimum Gasteiger partial charge on any atom is -0.482 e. The Morgan fingerprint density at radius 3 is 2.39 bits per heavy atom. The fourth-order valence-corrected chi connectivity index (χ4v) is 4.53. The highest BCUT2D eigenvalue weighted by atomic mass is 35.5. The zero-order chi connectivity index (χ0) is 27.2. The molecule has 1 heterocycles. The predicted molar refractivity (Wildman–Crippen MR) is 144 cm³/mol. The molecule has 3 aromatic carbocycles. The van der Waals surface area contributed by atoms with E-state index in [4.69, 9.17) is 16.3 Å². The van der Waals surface area contributed by atoms with Gasteiger partial charge in [0.05, 0.1) is 15.6 Å². The Bertz CT molecular complexity index is 1460. The minimum atomic E-state index is -0.596. The Morgan fingerprint density at radius 1 is 1.00 bits per heavy atom. The summed E-state index contributed by atoms with van der Waals surface area (Å²) in [5.41, 5.74) is 1.99. The highest BCUT2D eigenvalue weighted by Gasteiger charge is 2.36. The van der Waals surface area contributed by atoms with Gasteiger partial charge in [-0.25, -0.2) is 4.39 Å². The number of para-hydroxylation sites is 2. The molecule has 0 atom stereocenters. The van der Waals surface area contributed by atoms with E-state index in [1.165, 1.54) is 36.4 Å². The predicted octanol–water partition coefficient (Wildman–Crippen LogP) is 5.48. The van der Waals surface area contributed by atoms with Crippen LogP contribution in [0.1, 0.15) is 11.1 Å². The van der Waals surface area contributed by atoms with Crippen molar-refractivity contribution >= 4 is 63.8 Å². The van der Waals surface area contributed by atoms with E-state index in [2.05, 4.69) is 10.6 Å². The van der Waals surface area contributed by atoms with Crippen molar-refractivity contribution in [1.29, 1.82) is 0 Å². The fraction of sp³-hybridized carbons (Fsp3) is 0.111. The number of hydrogen-bond acceptors (Lipinski definition) is 6. The van der Waals surface area contributed by atoms with Gasteiger partial charge in [0.15, 0.2) is 6.61 Å². The molecule has 8 nitrogen and oxygen atoms in total. The van der Waals surface area contributed by atoms with Gasteiger partial charge >= 0.3 is 0 Å². The van der Waals surface area contributed by atoms with Crippen LogP contribution in [0.4, 0.5) is 20.6 Å². The maximum atomic E-state index is 13.7. The van der Waals surface area contributed by atoms with E-state index in [1.54, 1.807) is 24.3 Å². The quantitative estimate of drug-likeness (QED) is 0.358. The number of nitrogens with zero attached hydrogens (tertiary/aromatic N) is 1. The molecule has 1 saturated heterocycles. The van der Waals surface area contributed by atoms with E-state index in [0.29, 0.717) is 23.0 Å². The van der Waals surface area contributed by atoms with Gasteiger partial charge in [0, 0.05) is 5.69 Å². The maximum Gasteiger partial charge on any atom is 0.294 e. The van der Waals surface area contributed by atoms with Crippen LogP contribution in [0.5, 0.6) is 5.75 Å². The lowest BCUT2D eigenvalue weighted by Gasteiger charge is -2.13. The van der Waals surface area contributed by atoms with Crippen molar-refractivity contribution in [3.63, 3.8) is 0 Å². The Kier molecular flexibility index (Phi) is 8.45. The molecule has 0 bridgehead atoms. The summed E-state index contributed by atoms with van der Waals surface area (Å²) in [6, 6.07) is 17.5. The third kappa shape index (κ3) is 6.58. The first-order chi connectivity index (χ1) is 18.2. The molecule has 0 saturated carbocycles. The molecular formula is C27H21ClFN3O5S. The Morgan fingerprint density at radius 2 is 1.68 bits per heavy atom. The fourth-order valence-electron chi connectivity index (χ4n) is 3.45. The van der Waals surface area contributed by atoms with Crippen LogP contribution in [0.2, 0.25) is 5.02 Å². The number of aryl methyl sites for hydroxylation is 1. The number of ether oxygens (including phenoxy) is 1. The molecule has 0 spiro atoms. The molecule has 0 aliphatic carbocycles. The van der Waals surface area contributed by atoms with E-state index in [0.717, 1.165) is 10.5 Å². The second kappa shape index (κ2) is 11.9. The second-order valence-electron chi connectivity index (χ2n) is 8.14. The zero-order valence-corrected chi connectivity index (χ0v) is 21.6. The van der Waals surface area contributed by atoms with Crippen molar-refractivity contribution in [3.8, 4) is 5.75 Å². The molecule has 3 aromatic rings. The first kappa shape index (κ1) is 26.9. The van der Waals surface area contributed by atoms with E-state index in [-0.39, 0.29) is 21.4 Å². The van der Waals surface area contributed by atoms with Gasteiger partial charge in [-0.15, -0.1) is 0 Å². The van der Waals surface area contributed by atoms with Gasteiger partial charge in [-0.3, -0.25) is 24.1 Å². The average molecular weight is 554 g/mol.